The third-order valence-electron chi connectivity index (χ3n) is 16.3. The number of hydrogen-bond acceptors (Lipinski definition) is 17. The van der Waals surface area contributed by atoms with Crippen LogP contribution in [0.5, 0.6) is 11.5 Å². The van der Waals surface area contributed by atoms with Crippen LogP contribution in [0.25, 0.3) is 0 Å². The Kier molecular flexibility index (Phi) is 35.4. The predicted molar refractivity (Wildman–Crippen MR) is 390 cm³/mol. The van der Waals surface area contributed by atoms with Gasteiger partial charge in [-0.15, -0.1) is 13.2 Å². The Morgan fingerprint density at radius 3 is 1.27 bits per heavy atom. The number of carbonyl (C=O) groups excluding carboxylic acids is 8. The maximum absolute atomic E-state index is 14.1. The number of nitrogens with zero attached hydrogens (tertiary/aromatic N) is 2. The fraction of sp³-hybridized carbons (Fsp3) is 0.657. The minimum Gasteiger partial charge on any atom is -0.543 e. The van der Waals surface area contributed by atoms with Crippen molar-refractivity contribution in [1.82, 2.24) is 42.1 Å². The van der Waals surface area contributed by atoms with Crippen molar-refractivity contribution >= 4 is 99.2 Å². The van der Waals surface area contributed by atoms with Gasteiger partial charge in [-0.2, -0.15) is 0 Å². The van der Waals surface area contributed by atoms with E-state index < -0.39 is 122 Å². The normalized spacial score (nSPS) is 16.7. The van der Waals surface area contributed by atoms with Gasteiger partial charge < -0.3 is 54.2 Å². The molecule has 2 aromatic carbocycles. The fourth-order valence-electron chi connectivity index (χ4n) is 9.00. The molecule has 2 aliphatic rings. The Balaban J connectivity index is 0.000000623. The van der Waals surface area contributed by atoms with Crippen LogP contribution in [0.2, 0.25) is 36.3 Å². The zero-order valence-electron chi connectivity index (χ0n) is 61.7. The predicted octanol–water partition coefficient (Wildman–Crippen LogP) is 11.9. The van der Waals surface area contributed by atoms with Crippen LogP contribution in [0.3, 0.4) is 0 Å². The number of hydrogen-bond donors (Lipinski definition) is 7. The molecular formula is C70H115Cl3N8O15Si2. The molecule has 4 rings (SSSR count). The van der Waals surface area contributed by atoms with Crippen molar-refractivity contribution < 1.29 is 71.3 Å². The number of rotatable bonds is 26. The van der Waals surface area contributed by atoms with Crippen LogP contribution in [0, 0.1) is 11.8 Å². The number of alkyl carbamates (subject to hydrolysis) is 2. The molecule has 0 aromatic heterocycles. The highest BCUT2D eigenvalue weighted by molar-refractivity contribution is 6.75. The lowest BCUT2D eigenvalue weighted by Gasteiger charge is -2.36. The van der Waals surface area contributed by atoms with Crippen molar-refractivity contribution in [3.05, 3.63) is 85.0 Å². The second-order valence-electron chi connectivity index (χ2n) is 30.2. The first kappa shape index (κ1) is 88.1. The molecule has 6 amide bonds. The number of alkyl halides is 3. The van der Waals surface area contributed by atoms with Crippen molar-refractivity contribution in [3.8, 4) is 11.5 Å². The van der Waals surface area contributed by atoms with E-state index in [1.54, 1.807) is 81.4 Å². The van der Waals surface area contributed by atoms with Crippen LogP contribution in [-0.2, 0) is 60.6 Å². The molecule has 23 nitrogen and oxygen atoms in total. The van der Waals surface area contributed by atoms with Crippen LogP contribution in [-0.4, -0.2) is 164 Å². The third-order valence-corrected chi connectivity index (χ3v) is 25.3. The summed E-state index contributed by atoms with van der Waals surface area (Å²) in [5.41, 5.74) is 5.94. The summed E-state index contributed by atoms with van der Waals surface area (Å²) in [5.74, 6) is -2.35. The number of carbonyl (C=O) groups is 8. The summed E-state index contributed by atoms with van der Waals surface area (Å²) < 4.78 is 32.4. The monoisotopic (exact) mass is 1470 g/mol. The molecule has 2 fully saturated rings. The SMILES string of the molecule is C=CCCO.C=CCCOC(=O)[C@@H]1CCCN(C(=O)[C@H](Cc2cccc(O[Si](C)(C)C(C)(C)C)c2)NC(=O)[C@@H](NC(=O)OC(C)(C)C)C(C)C)N1.CC(C)[C@H](NC(=O)OC(C)(C)C)C(=O)N[C@@H](Cc1cccc(O[Si](C)(C)C(C)(C)C)c1)C(=O)N1CCC[C@@H](C(=O)OCC(Cl)(Cl)Cl)N1. The van der Waals surface area contributed by atoms with E-state index >= 15 is 0 Å². The van der Waals surface area contributed by atoms with Gasteiger partial charge in [-0.25, -0.2) is 20.4 Å². The summed E-state index contributed by atoms with van der Waals surface area (Å²) in [6.07, 6.45) is 5.33. The smallest absolute Gasteiger partial charge is 0.408 e. The highest BCUT2D eigenvalue weighted by Crippen LogP contribution is 2.39. The summed E-state index contributed by atoms with van der Waals surface area (Å²) in [4.78, 5) is 106. The number of aliphatic hydroxyl groups is 1. The van der Waals surface area contributed by atoms with Crippen molar-refractivity contribution in [2.24, 2.45) is 11.8 Å². The number of hydrazine groups is 2. The Labute approximate surface area is 600 Å². The standard InChI is InChI=1S/C34H56N4O7Si.C32H51Cl3N4O7Si.C4H8O/c1-12-13-20-43-31(41)26-18-15-19-38(37-26)30(40)27(35-29(39)28(23(2)3)36-32(42)44-33(4,5)6)22-24-16-14-17-25(21-24)45-46(10,11)34(7,8)9;1-20(2)25(37-29(43)45-30(3,4)5)26(40)36-24(18-21-13-11-14-22(17-21)46-47(9,10)31(6,7)8)27(41)39-16-12-15-23(38-39)28(42)44-19-32(33,34)35;1-2-3-4-5/h12,14,16-17,21,23,26-28,37H,1,13,15,18-20,22H2,2-11H3,(H,35,39)(H,36,42);11,13-14,17,20,23-25,38H,12,15-16,18-19H2,1-10H3,(H,36,40)(H,37,43);2,5H,1,3-4H2/t26-,27-,28-;23-,24-,25-;/m00./s1. The largest absolute Gasteiger partial charge is 0.543 e. The van der Waals surface area contributed by atoms with Gasteiger partial charge in [-0.05, 0) is 164 Å². The number of nitrogens with one attached hydrogen (secondary N) is 6. The quantitative estimate of drug-likeness (QED) is 0.0115. The second kappa shape index (κ2) is 39.3. The van der Waals surface area contributed by atoms with Gasteiger partial charge in [0, 0.05) is 32.5 Å². The Bertz CT molecular complexity index is 2960. The highest BCUT2D eigenvalue weighted by Gasteiger charge is 2.42. The maximum atomic E-state index is 14.1. The first-order chi connectivity index (χ1) is 45.0. The number of amides is 6. The Hall–Kier alpha value is -5.94. The van der Waals surface area contributed by atoms with E-state index in [0.29, 0.717) is 56.6 Å². The molecule has 7 N–H and O–H groups in total. The Morgan fingerprint density at radius 1 is 0.592 bits per heavy atom. The molecule has 2 aliphatic heterocycles. The van der Waals surface area contributed by atoms with Crippen molar-refractivity contribution in [3.63, 3.8) is 0 Å². The summed E-state index contributed by atoms with van der Waals surface area (Å²) in [5, 5.41) is 21.7. The molecule has 0 radical (unpaired) electrons. The van der Waals surface area contributed by atoms with Crippen molar-refractivity contribution in [2.45, 2.75) is 250 Å². The molecule has 2 heterocycles. The number of aliphatic hydroxyl groups excluding tert-OH is 1. The molecule has 0 unspecified atom stereocenters. The number of ether oxygens (including phenoxy) is 4. The lowest BCUT2D eigenvalue weighted by atomic mass is 10.0. The lowest BCUT2D eigenvalue weighted by Crippen LogP contribution is -2.62. The van der Waals surface area contributed by atoms with E-state index in [4.69, 9.17) is 67.7 Å². The van der Waals surface area contributed by atoms with Gasteiger partial charge in [0.15, 0.2) is 0 Å². The zero-order chi connectivity index (χ0) is 75.0. The van der Waals surface area contributed by atoms with Crippen molar-refractivity contribution in [1.29, 1.82) is 0 Å². The molecule has 0 aliphatic carbocycles. The van der Waals surface area contributed by atoms with Gasteiger partial charge in [0.1, 0.15) is 65.6 Å². The first-order valence-corrected chi connectivity index (χ1v) is 40.5. The zero-order valence-corrected chi connectivity index (χ0v) is 66.0. The molecule has 6 atom stereocenters. The summed E-state index contributed by atoms with van der Waals surface area (Å²) in [6.45, 7) is 46.7. The Morgan fingerprint density at radius 2 is 0.959 bits per heavy atom. The number of halogens is 3. The summed E-state index contributed by atoms with van der Waals surface area (Å²) in [6, 6.07) is 9.39. The average molecular weight is 1470 g/mol. The van der Waals surface area contributed by atoms with E-state index in [9.17, 15) is 38.4 Å². The van der Waals surface area contributed by atoms with Crippen LogP contribution in [0.15, 0.2) is 73.8 Å². The number of benzene rings is 2. The van der Waals surface area contributed by atoms with Gasteiger partial charge >= 0.3 is 24.1 Å². The maximum Gasteiger partial charge on any atom is 0.408 e. The molecule has 28 heteroatoms. The molecular weight excluding hydrogens is 1360 g/mol. The average Bonchev–Trinajstić information content (AvgIpc) is 0.829. The second-order valence-corrected chi connectivity index (χ2v) is 42.1. The van der Waals surface area contributed by atoms with Gasteiger partial charge in [0.25, 0.3) is 11.8 Å². The van der Waals surface area contributed by atoms with Gasteiger partial charge in [0.2, 0.25) is 32.2 Å². The molecule has 2 saturated heterocycles. The van der Waals surface area contributed by atoms with E-state index in [0.717, 1.165) is 11.1 Å². The van der Waals surface area contributed by atoms with Crippen molar-refractivity contribution in [2.75, 3.05) is 32.9 Å². The van der Waals surface area contributed by atoms with E-state index in [1.165, 1.54) is 10.0 Å². The first-order valence-electron chi connectivity index (χ1n) is 33.6. The van der Waals surface area contributed by atoms with Gasteiger partial charge in [-0.1, -0.05) is 140 Å². The summed E-state index contributed by atoms with van der Waals surface area (Å²) >= 11 is 17.2. The van der Waals surface area contributed by atoms with Crippen LogP contribution in [0.4, 0.5) is 9.59 Å². The molecule has 0 spiro atoms. The van der Waals surface area contributed by atoms with Gasteiger partial charge in [-0.3, -0.25) is 38.8 Å². The highest BCUT2D eigenvalue weighted by atomic mass is 35.6. The van der Waals surface area contributed by atoms with Gasteiger partial charge in [0.05, 0.1) is 6.61 Å². The fourth-order valence-corrected chi connectivity index (χ4v) is 11.2. The molecule has 0 saturated carbocycles. The molecule has 98 heavy (non-hydrogen) atoms. The van der Waals surface area contributed by atoms with E-state index in [-0.39, 0.29) is 54.5 Å². The summed E-state index contributed by atoms with van der Waals surface area (Å²) in [7, 11) is -4.29. The minimum absolute atomic E-state index is 0.00815. The van der Waals surface area contributed by atoms with Crippen LogP contribution in [0.1, 0.15) is 160 Å². The topological polar surface area (TPSA) is 291 Å². The van der Waals surface area contributed by atoms with E-state index in [1.807, 2.05) is 48.5 Å². The van der Waals surface area contributed by atoms with Crippen LogP contribution < -0.4 is 41.0 Å². The molecule has 0 bridgehead atoms. The molecule has 554 valence electrons. The van der Waals surface area contributed by atoms with Crippen LogP contribution >= 0.6 is 34.8 Å². The third kappa shape index (κ3) is 32.2. The van der Waals surface area contributed by atoms with E-state index in [2.05, 4.69) is 113 Å². The molecule has 2 aromatic rings. The number of esters is 2. The lowest BCUT2D eigenvalue weighted by molar-refractivity contribution is -0.154. The minimum atomic E-state index is -2.16.